The summed E-state index contributed by atoms with van der Waals surface area (Å²) in [6.45, 7) is 6.76. The Balaban J connectivity index is 1.26. The van der Waals surface area contributed by atoms with Crippen LogP contribution in [0.4, 0.5) is 4.39 Å². The quantitative estimate of drug-likeness (QED) is 0.642. The predicted octanol–water partition coefficient (Wildman–Crippen LogP) is 2.94. The molecule has 0 amide bonds. The number of hydrogen-bond donors (Lipinski definition) is 1. The molecule has 2 aromatic rings. The van der Waals surface area contributed by atoms with Crippen molar-refractivity contribution in [1.82, 2.24) is 9.80 Å². The van der Waals surface area contributed by atoms with E-state index in [4.69, 9.17) is 14.2 Å². The molecule has 2 aliphatic rings. The van der Waals surface area contributed by atoms with E-state index in [0.29, 0.717) is 32.1 Å². The van der Waals surface area contributed by atoms with Crippen LogP contribution in [0, 0.1) is 5.82 Å². The van der Waals surface area contributed by atoms with Crippen molar-refractivity contribution in [1.29, 1.82) is 0 Å². The number of benzene rings is 2. The van der Waals surface area contributed by atoms with Crippen LogP contribution in [-0.2, 0) is 11.3 Å². The van der Waals surface area contributed by atoms with Crippen LogP contribution >= 0.6 is 0 Å². The van der Waals surface area contributed by atoms with Crippen LogP contribution < -0.4 is 9.47 Å². The highest BCUT2D eigenvalue weighted by Gasteiger charge is 2.33. The third kappa shape index (κ3) is 6.90. The molecular weight excluding hydrogens is 411 g/mol. The van der Waals surface area contributed by atoms with Gasteiger partial charge < -0.3 is 19.3 Å². The predicted molar refractivity (Wildman–Crippen MR) is 121 cm³/mol. The summed E-state index contributed by atoms with van der Waals surface area (Å²) < 4.78 is 30.3. The normalized spacial score (nSPS) is 22.6. The monoisotopic (exact) mass is 444 g/mol. The molecule has 1 atom stereocenters. The van der Waals surface area contributed by atoms with E-state index in [1.54, 1.807) is 12.1 Å². The molecule has 0 aliphatic carbocycles. The summed E-state index contributed by atoms with van der Waals surface area (Å²) in [5.41, 5.74) is 0.0179. The Kier molecular flexibility index (Phi) is 7.97. The SMILES string of the molecule is OC1(COc2ccc(F)cc2)COCCN(Cc2ccc(OCCN3CCCC3)cc2)C1. The molecule has 1 N–H and O–H groups in total. The van der Waals surface area contributed by atoms with E-state index in [1.165, 1.54) is 38.1 Å². The fourth-order valence-corrected chi connectivity index (χ4v) is 4.22. The summed E-state index contributed by atoms with van der Waals surface area (Å²) in [6, 6.07) is 14.0. The van der Waals surface area contributed by atoms with E-state index in [1.807, 2.05) is 12.1 Å². The molecule has 174 valence electrons. The molecule has 2 heterocycles. The van der Waals surface area contributed by atoms with Gasteiger partial charge in [-0.3, -0.25) is 9.80 Å². The molecule has 0 aromatic heterocycles. The second-order valence-electron chi connectivity index (χ2n) is 8.77. The fraction of sp³-hybridized carbons (Fsp3) is 0.520. The second-order valence-corrected chi connectivity index (χ2v) is 8.77. The van der Waals surface area contributed by atoms with Crippen molar-refractivity contribution in [2.24, 2.45) is 0 Å². The summed E-state index contributed by atoms with van der Waals surface area (Å²) in [6.07, 6.45) is 2.59. The smallest absolute Gasteiger partial charge is 0.134 e. The summed E-state index contributed by atoms with van der Waals surface area (Å²) in [7, 11) is 0. The number of ether oxygens (including phenoxy) is 3. The Morgan fingerprint density at radius 3 is 2.34 bits per heavy atom. The van der Waals surface area contributed by atoms with E-state index in [9.17, 15) is 9.50 Å². The molecular formula is C25H33FN2O4. The Bertz CT molecular complexity index is 827. The average molecular weight is 445 g/mol. The molecule has 2 fully saturated rings. The van der Waals surface area contributed by atoms with Crippen LogP contribution in [0.3, 0.4) is 0 Å². The van der Waals surface area contributed by atoms with Gasteiger partial charge in [0.2, 0.25) is 0 Å². The highest BCUT2D eigenvalue weighted by atomic mass is 19.1. The lowest BCUT2D eigenvalue weighted by Crippen LogP contribution is -2.48. The lowest BCUT2D eigenvalue weighted by Gasteiger charge is -2.30. The molecule has 0 saturated carbocycles. The van der Waals surface area contributed by atoms with Gasteiger partial charge in [0, 0.05) is 26.2 Å². The molecule has 32 heavy (non-hydrogen) atoms. The van der Waals surface area contributed by atoms with Crippen LogP contribution in [0.2, 0.25) is 0 Å². The minimum Gasteiger partial charge on any atom is -0.492 e. The van der Waals surface area contributed by atoms with Crippen LogP contribution in [-0.4, -0.2) is 79.7 Å². The third-order valence-corrected chi connectivity index (χ3v) is 5.97. The van der Waals surface area contributed by atoms with Gasteiger partial charge in [0.15, 0.2) is 0 Å². The van der Waals surface area contributed by atoms with Gasteiger partial charge in [-0.1, -0.05) is 12.1 Å². The number of β-amino-alcohol motifs (C(OH)–C–C–N with tert-alkyl or cyclic N) is 1. The van der Waals surface area contributed by atoms with Crippen LogP contribution in [0.1, 0.15) is 18.4 Å². The lowest BCUT2D eigenvalue weighted by molar-refractivity contribution is -0.0646. The average Bonchev–Trinajstić information content (AvgIpc) is 3.24. The van der Waals surface area contributed by atoms with Gasteiger partial charge in [0.1, 0.15) is 36.1 Å². The number of aliphatic hydroxyl groups is 1. The molecule has 2 aliphatic heterocycles. The van der Waals surface area contributed by atoms with Gasteiger partial charge in [0.05, 0.1) is 13.2 Å². The van der Waals surface area contributed by atoms with Crippen molar-refractivity contribution in [2.45, 2.75) is 25.0 Å². The van der Waals surface area contributed by atoms with Crippen molar-refractivity contribution < 1.29 is 23.7 Å². The van der Waals surface area contributed by atoms with Crippen molar-refractivity contribution in [2.75, 3.05) is 59.2 Å². The molecule has 0 spiro atoms. The maximum Gasteiger partial charge on any atom is 0.134 e. The highest BCUT2D eigenvalue weighted by molar-refractivity contribution is 5.27. The van der Waals surface area contributed by atoms with E-state index in [2.05, 4.69) is 21.9 Å². The Morgan fingerprint density at radius 2 is 1.59 bits per heavy atom. The summed E-state index contributed by atoms with van der Waals surface area (Å²) in [5, 5.41) is 11.1. The van der Waals surface area contributed by atoms with Crippen LogP contribution in [0.15, 0.2) is 48.5 Å². The first-order valence-corrected chi connectivity index (χ1v) is 11.4. The van der Waals surface area contributed by atoms with Crippen molar-refractivity contribution in [3.8, 4) is 11.5 Å². The molecule has 4 rings (SSSR count). The maximum absolute atomic E-state index is 13.1. The first-order chi connectivity index (χ1) is 15.6. The van der Waals surface area contributed by atoms with Gasteiger partial charge in [-0.25, -0.2) is 4.39 Å². The highest BCUT2D eigenvalue weighted by Crippen LogP contribution is 2.20. The van der Waals surface area contributed by atoms with Crippen LogP contribution in [0.25, 0.3) is 0 Å². The Morgan fingerprint density at radius 1 is 0.906 bits per heavy atom. The standard InChI is InChI=1S/C25H33FN2O4/c26-22-5-9-24(10-6-22)32-20-25(29)18-28(13-15-30-19-25)17-21-3-7-23(8-4-21)31-16-14-27-11-1-2-12-27/h3-10,29H,1-2,11-20H2. The molecule has 6 nitrogen and oxygen atoms in total. The second kappa shape index (κ2) is 11.1. The van der Waals surface area contributed by atoms with Gasteiger partial charge in [-0.2, -0.15) is 0 Å². The minimum absolute atomic E-state index is 0.0823. The zero-order valence-electron chi connectivity index (χ0n) is 18.5. The molecule has 1 unspecified atom stereocenters. The summed E-state index contributed by atoms with van der Waals surface area (Å²) >= 11 is 0. The number of nitrogens with zero attached hydrogens (tertiary/aromatic N) is 2. The van der Waals surface area contributed by atoms with Gasteiger partial charge in [-0.15, -0.1) is 0 Å². The van der Waals surface area contributed by atoms with Gasteiger partial charge in [0.25, 0.3) is 0 Å². The number of likely N-dealkylation sites (tertiary alicyclic amines) is 1. The first-order valence-electron chi connectivity index (χ1n) is 11.4. The fourth-order valence-electron chi connectivity index (χ4n) is 4.22. The Hall–Kier alpha value is -2.19. The molecule has 0 radical (unpaired) electrons. The summed E-state index contributed by atoms with van der Waals surface area (Å²) in [4.78, 5) is 4.61. The van der Waals surface area contributed by atoms with Gasteiger partial charge in [-0.05, 0) is 67.9 Å². The minimum atomic E-state index is -1.14. The lowest BCUT2D eigenvalue weighted by atomic mass is 10.1. The van der Waals surface area contributed by atoms with E-state index in [-0.39, 0.29) is 19.0 Å². The third-order valence-electron chi connectivity index (χ3n) is 5.97. The van der Waals surface area contributed by atoms with Crippen molar-refractivity contribution in [3.63, 3.8) is 0 Å². The number of hydrogen-bond acceptors (Lipinski definition) is 6. The van der Waals surface area contributed by atoms with Crippen LogP contribution in [0.5, 0.6) is 11.5 Å². The van der Waals surface area contributed by atoms with Crippen molar-refractivity contribution in [3.05, 3.63) is 59.9 Å². The molecule has 2 saturated heterocycles. The number of halogens is 1. The molecule has 0 bridgehead atoms. The number of rotatable bonds is 9. The maximum atomic E-state index is 13.1. The topological polar surface area (TPSA) is 54.4 Å². The molecule has 2 aromatic carbocycles. The zero-order chi connectivity index (χ0) is 22.2. The van der Waals surface area contributed by atoms with E-state index in [0.717, 1.165) is 24.4 Å². The molecule has 7 heteroatoms. The largest absolute Gasteiger partial charge is 0.492 e. The van der Waals surface area contributed by atoms with E-state index < -0.39 is 5.60 Å². The summed E-state index contributed by atoms with van der Waals surface area (Å²) in [5.74, 6) is 1.09. The Labute approximate surface area is 189 Å². The van der Waals surface area contributed by atoms with E-state index >= 15 is 0 Å². The first kappa shape index (κ1) is 23.0. The zero-order valence-corrected chi connectivity index (χ0v) is 18.5. The van der Waals surface area contributed by atoms with Gasteiger partial charge >= 0.3 is 0 Å². The van der Waals surface area contributed by atoms with Crippen molar-refractivity contribution >= 4 is 0 Å².